The summed E-state index contributed by atoms with van der Waals surface area (Å²) in [4.78, 5) is 11.8. The minimum Gasteiger partial charge on any atom is -0.490 e. The van der Waals surface area contributed by atoms with Crippen LogP contribution in [-0.2, 0) is 14.6 Å². The number of hydrogen-bond acceptors (Lipinski definition) is 6. The van der Waals surface area contributed by atoms with Crippen LogP contribution in [0.25, 0.3) is 0 Å². The number of rotatable bonds is 7. The van der Waals surface area contributed by atoms with E-state index < -0.39 is 9.84 Å². The first kappa shape index (κ1) is 20.5. The van der Waals surface area contributed by atoms with Crippen molar-refractivity contribution in [2.24, 2.45) is 0 Å². The lowest BCUT2D eigenvalue weighted by Gasteiger charge is -2.10. The Morgan fingerprint density at radius 3 is 2.58 bits per heavy atom. The Balaban J connectivity index is 0.00000288. The van der Waals surface area contributed by atoms with Crippen molar-refractivity contribution in [3.05, 3.63) is 18.2 Å². The van der Waals surface area contributed by atoms with E-state index in [0.717, 1.165) is 6.42 Å². The Hall–Kier alpha value is -1.51. The number of benzene rings is 1. The second kappa shape index (κ2) is 9.71. The molecule has 24 heavy (non-hydrogen) atoms. The minimum absolute atomic E-state index is 0. The summed E-state index contributed by atoms with van der Waals surface area (Å²) in [6.07, 6.45) is 0.685. The van der Waals surface area contributed by atoms with Gasteiger partial charge in [0.2, 0.25) is 5.91 Å². The second-order valence-corrected chi connectivity index (χ2v) is 7.29. The molecule has 2 rings (SSSR count). The molecule has 1 aromatic carbocycles. The fourth-order valence-corrected chi connectivity index (χ4v) is 3.35. The van der Waals surface area contributed by atoms with Crippen molar-refractivity contribution >= 4 is 28.2 Å². The molecule has 0 atom stereocenters. The van der Waals surface area contributed by atoms with E-state index in [9.17, 15) is 13.2 Å². The van der Waals surface area contributed by atoms with Crippen LogP contribution < -0.4 is 20.1 Å². The van der Waals surface area contributed by atoms with Crippen LogP contribution in [0.2, 0.25) is 0 Å². The van der Waals surface area contributed by atoms with Crippen LogP contribution in [0.5, 0.6) is 11.5 Å². The third-order valence-electron chi connectivity index (χ3n) is 3.37. The van der Waals surface area contributed by atoms with Crippen LogP contribution >= 0.6 is 12.4 Å². The molecule has 0 bridgehead atoms. The number of likely N-dealkylation sites (N-methyl/N-ethyl adjacent to an activating group) is 1. The first-order valence-corrected chi connectivity index (χ1v) is 9.22. The van der Waals surface area contributed by atoms with Crippen molar-refractivity contribution in [2.75, 3.05) is 39.1 Å². The van der Waals surface area contributed by atoms with E-state index in [1.807, 2.05) is 0 Å². The van der Waals surface area contributed by atoms with Crippen molar-refractivity contribution in [1.29, 1.82) is 0 Å². The van der Waals surface area contributed by atoms with Gasteiger partial charge in [0.05, 0.1) is 23.9 Å². The molecule has 0 spiro atoms. The van der Waals surface area contributed by atoms with E-state index in [1.54, 1.807) is 13.1 Å². The van der Waals surface area contributed by atoms with Gasteiger partial charge >= 0.3 is 0 Å². The number of halogens is 1. The number of carbonyl (C=O) groups is 1. The molecule has 0 radical (unpaired) electrons. The highest BCUT2D eigenvalue weighted by atomic mass is 35.5. The maximum Gasteiger partial charge on any atom is 0.221 e. The van der Waals surface area contributed by atoms with Crippen molar-refractivity contribution in [1.82, 2.24) is 10.6 Å². The normalized spacial score (nSPS) is 13.5. The Bertz CT molecular complexity index is 651. The van der Waals surface area contributed by atoms with Gasteiger partial charge in [0.15, 0.2) is 21.3 Å². The summed E-state index contributed by atoms with van der Waals surface area (Å²) in [5.41, 5.74) is 0. The molecule has 0 aliphatic carbocycles. The zero-order valence-electron chi connectivity index (χ0n) is 13.5. The van der Waals surface area contributed by atoms with Gasteiger partial charge in [0.1, 0.15) is 0 Å². The maximum absolute atomic E-state index is 12.3. The average Bonchev–Trinajstić information content (AvgIpc) is 2.78. The quantitative estimate of drug-likeness (QED) is 0.681. The number of nitrogens with one attached hydrogen (secondary N) is 2. The second-order valence-electron chi connectivity index (χ2n) is 5.18. The van der Waals surface area contributed by atoms with Crippen LogP contribution in [0.15, 0.2) is 23.1 Å². The van der Waals surface area contributed by atoms with Gasteiger partial charge < -0.3 is 20.1 Å². The van der Waals surface area contributed by atoms with Crippen LogP contribution in [0.1, 0.15) is 12.8 Å². The fourth-order valence-electron chi connectivity index (χ4n) is 2.10. The number of fused-ring (bicyclic) bond motifs is 1. The Morgan fingerprint density at radius 1 is 1.17 bits per heavy atom. The topological polar surface area (TPSA) is 93.7 Å². The van der Waals surface area contributed by atoms with Gasteiger partial charge in [-0.3, -0.25) is 4.79 Å². The Labute approximate surface area is 148 Å². The largest absolute Gasteiger partial charge is 0.490 e. The highest BCUT2D eigenvalue weighted by Crippen LogP contribution is 2.32. The molecule has 2 N–H and O–H groups in total. The van der Waals surface area contributed by atoms with Crippen LogP contribution in [0.4, 0.5) is 0 Å². The molecule has 136 valence electrons. The first-order chi connectivity index (χ1) is 11.0. The summed E-state index contributed by atoms with van der Waals surface area (Å²) >= 11 is 0. The fraction of sp³-hybridized carbons (Fsp3) is 0.533. The third kappa shape index (κ3) is 5.85. The zero-order valence-corrected chi connectivity index (χ0v) is 15.2. The van der Waals surface area contributed by atoms with E-state index in [2.05, 4.69) is 10.6 Å². The molecular formula is C15H23ClN2O5S. The monoisotopic (exact) mass is 378 g/mol. The molecule has 7 nitrogen and oxygen atoms in total. The Morgan fingerprint density at radius 2 is 1.88 bits per heavy atom. The van der Waals surface area contributed by atoms with Crippen molar-refractivity contribution in [3.8, 4) is 11.5 Å². The molecule has 1 amide bonds. The average molecular weight is 379 g/mol. The predicted octanol–water partition coefficient (Wildman–Crippen LogP) is 0.769. The first-order valence-electron chi connectivity index (χ1n) is 7.56. The SMILES string of the molecule is CNCCNC(=O)CCS(=O)(=O)c1ccc2c(c1)OCCCO2.Cl. The van der Waals surface area contributed by atoms with Crippen molar-refractivity contribution < 1.29 is 22.7 Å². The Kier molecular flexibility index (Phi) is 8.30. The molecule has 0 aromatic heterocycles. The van der Waals surface area contributed by atoms with Crippen molar-refractivity contribution in [3.63, 3.8) is 0 Å². The van der Waals surface area contributed by atoms with Gasteiger partial charge in [-0.15, -0.1) is 12.4 Å². The summed E-state index contributed by atoms with van der Waals surface area (Å²) in [6, 6.07) is 4.55. The van der Waals surface area contributed by atoms with E-state index in [-0.39, 0.29) is 35.4 Å². The lowest BCUT2D eigenvalue weighted by atomic mass is 10.3. The molecule has 0 unspecified atom stereocenters. The van der Waals surface area contributed by atoms with E-state index in [0.29, 0.717) is 37.8 Å². The lowest BCUT2D eigenvalue weighted by molar-refractivity contribution is -0.120. The van der Waals surface area contributed by atoms with Gasteiger partial charge in [-0.25, -0.2) is 8.42 Å². The van der Waals surface area contributed by atoms with Crippen LogP contribution in [0.3, 0.4) is 0 Å². The van der Waals surface area contributed by atoms with E-state index in [1.165, 1.54) is 12.1 Å². The van der Waals surface area contributed by atoms with E-state index >= 15 is 0 Å². The molecule has 0 saturated heterocycles. The molecule has 1 aliphatic rings. The maximum atomic E-state index is 12.3. The summed E-state index contributed by atoms with van der Waals surface area (Å²) in [5.74, 6) is 0.462. The van der Waals surface area contributed by atoms with Gasteiger partial charge in [-0.2, -0.15) is 0 Å². The van der Waals surface area contributed by atoms with E-state index in [4.69, 9.17) is 9.47 Å². The summed E-state index contributed by atoms with van der Waals surface area (Å²) in [6.45, 7) is 2.15. The number of amides is 1. The molecule has 1 aromatic rings. The third-order valence-corrected chi connectivity index (χ3v) is 5.09. The highest BCUT2D eigenvalue weighted by Gasteiger charge is 2.20. The zero-order chi connectivity index (χ0) is 16.7. The minimum atomic E-state index is -3.54. The van der Waals surface area contributed by atoms with Crippen LogP contribution in [0, 0.1) is 0 Å². The summed E-state index contributed by atoms with van der Waals surface area (Å²) < 4.78 is 35.7. The summed E-state index contributed by atoms with van der Waals surface area (Å²) in [7, 11) is -1.76. The predicted molar refractivity (Wildman–Crippen MR) is 92.9 cm³/mol. The number of hydrogen-bond donors (Lipinski definition) is 2. The van der Waals surface area contributed by atoms with Crippen molar-refractivity contribution in [2.45, 2.75) is 17.7 Å². The molecule has 9 heteroatoms. The number of ether oxygens (including phenoxy) is 2. The van der Waals surface area contributed by atoms with Gasteiger partial charge in [0, 0.05) is 32.0 Å². The number of carbonyl (C=O) groups excluding carboxylic acids is 1. The standard InChI is InChI=1S/C15H22N2O5S.ClH/c1-16-6-7-17-15(18)5-10-23(19,20)12-3-4-13-14(11-12)22-9-2-8-21-13;/h3-4,11,16H,2,5-10H2,1H3,(H,17,18);1H. The lowest BCUT2D eigenvalue weighted by Crippen LogP contribution is -2.31. The number of sulfone groups is 1. The molecule has 0 saturated carbocycles. The van der Waals surface area contributed by atoms with Gasteiger partial charge in [-0.05, 0) is 19.2 Å². The van der Waals surface area contributed by atoms with Gasteiger partial charge in [0.25, 0.3) is 0 Å². The highest BCUT2D eigenvalue weighted by molar-refractivity contribution is 7.91. The smallest absolute Gasteiger partial charge is 0.221 e. The summed E-state index contributed by atoms with van der Waals surface area (Å²) in [5, 5.41) is 5.55. The molecule has 0 fully saturated rings. The molecular weight excluding hydrogens is 356 g/mol. The molecule has 1 heterocycles. The van der Waals surface area contributed by atoms with Crippen LogP contribution in [-0.4, -0.2) is 53.4 Å². The molecule has 1 aliphatic heterocycles. The van der Waals surface area contributed by atoms with Gasteiger partial charge in [-0.1, -0.05) is 0 Å².